The highest BCUT2D eigenvalue weighted by molar-refractivity contribution is 6.31. The van der Waals surface area contributed by atoms with Crippen LogP contribution in [0.5, 0.6) is 0 Å². The number of piperidine rings is 1. The Hall–Kier alpha value is -2.55. The summed E-state index contributed by atoms with van der Waals surface area (Å²) in [5.41, 5.74) is 10.1. The maximum atomic E-state index is 13.9. The summed E-state index contributed by atoms with van der Waals surface area (Å²) in [5.74, 6) is 0.622. The van der Waals surface area contributed by atoms with Crippen LogP contribution in [0.1, 0.15) is 61.6 Å². The molecule has 3 amide bonds. The van der Waals surface area contributed by atoms with E-state index in [9.17, 15) is 14.0 Å². The summed E-state index contributed by atoms with van der Waals surface area (Å²) in [7, 11) is 1.97. The largest absolute Gasteiger partial charge is 0.398 e. The Morgan fingerprint density at radius 1 is 1.00 bits per heavy atom. The van der Waals surface area contributed by atoms with E-state index in [2.05, 4.69) is 29.3 Å². The monoisotopic (exact) mass is 633 g/mol. The molecule has 0 unspecified atom stereocenters. The van der Waals surface area contributed by atoms with E-state index in [1.807, 2.05) is 24.1 Å². The lowest BCUT2D eigenvalue weighted by Crippen LogP contribution is -2.54. The Morgan fingerprint density at radius 3 is 2.33 bits per heavy atom. The third-order valence-electron chi connectivity index (χ3n) is 8.99. The average molecular weight is 635 g/mol. The number of hydrogen-bond acceptors (Lipinski definition) is 4. The minimum atomic E-state index is -0.717. The van der Waals surface area contributed by atoms with E-state index in [1.165, 1.54) is 11.1 Å². The second-order valence-corrected chi connectivity index (χ2v) is 13.0. The van der Waals surface area contributed by atoms with Gasteiger partial charge in [0, 0.05) is 61.4 Å². The lowest BCUT2D eigenvalue weighted by Gasteiger charge is -2.36. The molecule has 0 bridgehead atoms. The van der Waals surface area contributed by atoms with Gasteiger partial charge in [-0.15, -0.1) is 0 Å². The van der Waals surface area contributed by atoms with Crippen LogP contribution >= 0.6 is 23.2 Å². The molecule has 2 aliphatic rings. The first-order valence-electron chi connectivity index (χ1n) is 15.6. The number of hydrogen-bond donors (Lipinski definition) is 2. The summed E-state index contributed by atoms with van der Waals surface area (Å²) < 4.78 is 12.9. The standard InChI is InChI=1S/C33H46Cl2FN5O2/c1-3-23(22-39(2)17-12-36)18-26-19-27(34)8-9-29(26)24-10-15-40(16-11-24)32(42)31(38-33(43)41-13-4-5-14-41)20-25-6-7-28(35)21-30(25)37/h6-9,19,21,23-24,31H,3-5,10-18,20,22,37H2,1-2H3,(H,38,43)/t23-,31-/m1/s1. The van der Waals surface area contributed by atoms with Crippen LogP contribution in [0.15, 0.2) is 36.4 Å². The number of carbonyl (C=O) groups is 2. The Labute approximate surface area is 265 Å². The zero-order valence-electron chi connectivity index (χ0n) is 25.5. The number of rotatable bonds is 12. The van der Waals surface area contributed by atoms with Crippen molar-refractivity contribution in [3.8, 4) is 0 Å². The lowest BCUT2D eigenvalue weighted by molar-refractivity contribution is -0.134. The third-order valence-corrected chi connectivity index (χ3v) is 9.46. The number of nitrogens with zero attached hydrogens (tertiary/aromatic N) is 3. The van der Waals surface area contributed by atoms with Crippen molar-refractivity contribution in [1.29, 1.82) is 0 Å². The number of carbonyl (C=O) groups excluding carboxylic acids is 2. The van der Waals surface area contributed by atoms with E-state index in [4.69, 9.17) is 28.9 Å². The summed E-state index contributed by atoms with van der Waals surface area (Å²) in [6, 6.07) is 10.5. The number of nitrogens with one attached hydrogen (secondary N) is 1. The van der Waals surface area contributed by atoms with Crippen molar-refractivity contribution in [2.45, 2.75) is 63.8 Å². The van der Waals surface area contributed by atoms with E-state index in [1.54, 1.807) is 17.0 Å². The first-order chi connectivity index (χ1) is 20.7. The molecule has 2 aromatic rings. The number of halogens is 3. The van der Waals surface area contributed by atoms with Crippen molar-refractivity contribution in [2.75, 3.05) is 58.7 Å². The molecule has 7 nitrogen and oxygen atoms in total. The van der Waals surface area contributed by atoms with Crippen molar-refractivity contribution in [3.05, 3.63) is 63.1 Å². The minimum Gasteiger partial charge on any atom is -0.398 e. The van der Waals surface area contributed by atoms with Gasteiger partial charge >= 0.3 is 6.03 Å². The number of nitrogen functional groups attached to an aromatic ring is 1. The van der Waals surface area contributed by atoms with Crippen LogP contribution in [0.2, 0.25) is 10.0 Å². The molecule has 43 heavy (non-hydrogen) atoms. The zero-order chi connectivity index (χ0) is 30.9. The number of urea groups is 1. The maximum Gasteiger partial charge on any atom is 0.318 e. The molecule has 236 valence electrons. The lowest BCUT2D eigenvalue weighted by atomic mass is 9.83. The molecule has 4 rings (SSSR count). The summed E-state index contributed by atoms with van der Waals surface area (Å²) in [6.45, 7) is 5.73. The number of likely N-dealkylation sites (tertiary alicyclic amines) is 2. The van der Waals surface area contributed by atoms with Crippen LogP contribution < -0.4 is 11.1 Å². The fourth-order valence-electron chi connectivity index (χ4n) is 6.44. The molecular formula is C33H46Cl2FN5O2. The summed E-state index contributed by atoms with van der Waals surface area (Å²) in [4.78, 5) is 32.7. The molecule has 0 aromatic heterocycles. The summed E-state index contributed by atoms with van der Waals surface area (Å²) in [6.07, 6.45) is 5.79. The molecule has 10 heteroatoms. The number of alkyl halides is 1. The van der Waals surface area contributed by atoms with Crippen LogP contribution in [-0.2, 0) is 17.6 Å². The SMILES string of the molecule is CC[C@H](Cc1cc(Cl)ccc1C1CCN(C(=O)[C@@H](Cc2ccc(Cl)cc2N)NC(=O)N2CCCC2)CC1)CN(C)CCF. The van der Waals surface area contributed by atoms with Crippen LogP contribution in [0, 0.1) is 5.92 Å². The molecule has 2 aliphatic heterocycles. The normalized spacial score (nSPS) is 17.3. The highest BCUT2D eigenvalue weighted by Gasteiger charge is 2.32. The Morgan fingerprint density at radius 2 is 1.67 bits per heavy atom. The highest BCUT2D eigenvalue weighted by atomic mass is 35.5. The quantitative estimate of drug-likeness (QED) is 0.274. The smallest absolute Gasteiger partial charge is 0.318 e. The molecule has 0 saturated carbocycles. The van der Waals surface area contributed by atoms with Gasteiger partial charge in [-0.05, 0) is 91.9 Å². The fourth-order valence-corrected chi connectivity index (χ4v) is 6.81. The van der Waals surface area contributed by atoms with E-state index < -0.39 is 6.04 Å². The van der Waals surface area contributed by atoms with Gasteiger partial charge in [0.2, 0.25) is 5.91 Å². The van der Waals surface area contributed by atoms with E-state index in [0.717, 1.165) is 55.7 Å². The second kappa shape index (κ2) is 16.0. The predicted molar refractivity (Wildman–Crippen MR) is 174 cm³/mol. The number of anilines is 1. The van der Waals surface area contributed by atoms with Crippen LogP contribution in [0.4, 0.5) is 14.9 Å². The molecular weight excluding hydrogens is 588 g/mol. The zero-order valence-corrected chi connectivity index (χ0v) is 27.0. The molecule has 2 heterocycles. The van der Waals surface area contributed by atoms with Crippen molar-refractivity contribution >= 4 is 40.8 Å². The minimum absolute atomic E-state index is 0.0846. The van der Waals surface area contributed by atoms with Gasteiger partial charge in [0.1, 0.15) is 12.7 Å². The van der Waals surface area contributed by atoms with Crippen LogP contribution in [0.25, 0.3) is 0 Å². The fraction of sp³-hybridized carbons (Fsp3) is 0.576. The Kier molecular flexibility index (Phi) is 12.4. The summed E-state index contributed by atoms with van der Waals surface area (Å²) in [5, 5.41) is 4.27. The number of amides is 3. The van der Waals surface area contributed by atoms with Crippen molar-refractivity contribution in [1.82, 2.24) is 20.0 Å². The molecule has 2 atom stereocenters. The van der Waals surface area contributed by atoms with Crippen LogP contribution in [0.3, 0.4) is 0 Å². The highest BCUT2D eigenvalue weighted by Crippen LogP contribution is 2.34. The van der Waals surface area contributed by atoms with E-state index in [-0.39, 0.29) is 18.6 Å². The number of nitrogens with two attached hydrogens (primary N) is 1. The van der Waals surface area contributed by atoms with Gasteiger partial charge in [-0.3, -0.25) is 4.79 Å². The van der Waals surface area contributed by atoms with Crippen molar-refractivity contribution < 1.29 is 14.0 Å². The third kappa shape index (κ3) is 9.22. The molecule has 2 saturated heterocycles. The van der Waals surface area contributed by atoms with E-state index in [0.29, 0.717) is 61.7 Å². The first kappa shape index (κ1) is 33.3. The molecule has 3 N–H and O–H groups in total. The van der Waals surface area contributed by atoms with Crippen LogP contribution in [-0.4, -0.2) is 85.7 Å². The number of benzene rings is 2. The maximum absolute atomic E-state index is 13.9. The predicted octanol–water partition coefficient (Wildman–Crippen LogP) is 6.17. The van der Waals surface area contributed by atoms with Crippen molar-refractivity contribution in [2.24, 2.45) is 5.92 Å². The van der Waals surface area contributed by atoms with Gasteiger partial charge in [0.05, 0.1) is 0 Å². The molecule has 2 aromatic carbocycles. The van der Waals surface area contributed by atoms with Gasteiger partial charge in [-0.25, -0.2) is 9.18 Å². The van der Waals surface area contributed by atoms with Gasteiger partial charge in [0.25, 0.3) is 0 Å². The molecule has 0 spiro atoms. The molecule has 2 fully saturated rings. The Balaban J connectivity index is 1.45. The molecule has 0 radical (unpaired) electrons. The topological polar surface area (TPSA) is 81.9 Å². The summed E-state index contributed by atoms with van der Waals surface area (Å²) >= 11 is 12.6. The molecule has 0 aliphatic carbocycles. The van der Waals surface area contributed by atoms with Gasteiger partial charge in [-0.1, -0.05) is 48.7 Å². The van der Waals surface area contributed by atoms with Crippen molar-refractivity contribution in [3.63, 3.8) is 0 Å². The second-order valence-electron chi connectivity index (χ2n) is 12.1. The van der Waals surface area contributed by atoms with Gasteiger partial charge in [-0.2, -0.15) is 0 Å². The van der Waals surface area contributed by atoms with E-state index >= 15 is 0 Å². The Bertz CT molecular complexity index is 1230. The van der Waals surface area contributed by atoms with Gasteiger partial charge < -0.3 is 25.8 Å². The average Bonchev–Trinajstić information content (AvgIpc) is 3.53. The first-order valence-corrected chi connectivity index (χ1v) is 16.3. The van der Waals surface area contributed by atoms with Gasteiger partial charge in [0.15, 0.2) is 0 Å².